The smallest absolute Gasteiger partial charge is 0.118 e. The highest BCUT2D eigenvalue weighted by atomic mass is 32.1. The summed E-state index contributed by atoms with van der Waals surface area (Å²) in [4.78, 5) is 12.8. The number of nitrogens with zero attached hydrogens (tertiary/aromatic N) is 2. The Hall–Kier alpha value is -13.6. The van der Waals surface area contributed by atoms with Crippen molar-refractivity contribution in [1.82, 2.24) is 9.97 Å². The van der Waals surface area contributed by atoms with Crippen molar-refractivity contribution >= 4 is 184 Å². The minimum atomic E-state index is -0.347. The summed E-state index contributed by atoms with van der Waals surface area (Å²) in [6, 6.07) is 114. The Labute approximate surface area is 696 Å². The van der Waals surface area contributed by atoms with E-state index in [0.29, 0.717) is 0 Å². The van der Waals surface area contributed by atoms with Crippen LogP contribution < -0.4 is 9.47 Å². The highest BCUT2D eigenvalue weighted by Crippen LogP contribution is 2.56. The fourth-order valence-corrected chi connectivity index (χ4v) is 22.7. The van der Waals surface area contributed by atoms with Crippen LogP contribution in [0.3, 0.4) is 0 Å². The number of aryl methyl sites for hydroxylation is 1. The number of benzene rings is 20. The minimum Gasteiger partial charge on any atom is -0.497 e. The van der Waals surface area contributed by atoms with Crippen molar-refractivity contribution in [2.45, 2.75) is 58.3 Å². The Kier molecular flexibility index (Phi) is 15.3. The molecule has 4 nitrogen and oxygen atoms in total. The Morgan fingerprint density at radius 2 is 0.655 bits per heavy atom. The van der Waals surface area contributed by atoms with Crippen LogP contribution in [0.25, 0.3) is 227 Å². The van der Waals surface area contributed by atoms with Crippen molar-refractivity contribution in [1.29, 1.82) is 0 Å². The van der Waals surface area contributed by atoms with Gasteiger partial charge in [0.05, 0.1) is 25.6 Å². The van der Waals surface area contributed by atoms with Crippen LogP contribution in [0.4, 0.5) is 0 Å². The minimum absolute atomic E-state index is 0.342. The second-order valence-corrected chi connectivity index (χ2v) is 36.4. The third-order valence-electron chi connectivity index (χ3n) is 26.5. The molecule has 4 heterocycles. The third kappa shape index (κ3) is 10.7. The lowest BCUT2D eigenvalue weighted by Gasteiger charge is -2.29. The molecule has 0 aliphatic carbocycles. The van der Waals surface area contributed by atoms with Gasteiger partial charge in [0.25, 0.3) is 0 Å². The number of thiophene rings is 2. The molecular weight excluding hydrogens is 1480 g/mol. The van der Waals surface area contributed by atoms with Gasteiger partial charge in [-0.1, -0.05) is 210 Å². The molecule has 0 spiro atoms. The number of methoxy groups -OCH3 is 2. The van der Waals surface area contributed by atoms with Crippen LogP contribution in [0.5, 0.6) is 11.5 Å². The van der Waals surface area contributed by atoms with Crippen molar-refractivity contribution in [2.75, 3.05) is 14.2 Å². The first-order valence-electron chi connectivity index (χ1n) is 41.3. The van der Waals surface area contributed by atoms with Crippen LogP contribution in [0.2, 0.25) is 0 Å². The van der Waals surface area contributed by atoms with E-state index in [1.807, 2.05) is 47.2 Å². The van der Waals surface area contributed by atoms with Crippen LogP contribution in [0.15, 0.2) is 320 Å². The standard InChI is InChI=1S/C113H78N2O2S2/c1-63-44-68-53-87(65-32-36-80(116-6)37-33-65)91-57-70-46-76(82-21-10-12-24-85(82)104(70)106-88(54-69(45-63)100(68)107(91)106)66-34-38-81(117-7)39-35-66)61-113(4,5)79-49-73-56-90(98-28-18-42-118-98)93-58-71-47-77(83-22-11-13-25-86(83)105(71)111-95(99-29-19-43-119-99)60-75(51-79)102(73)109(93)111)62-112(2,3)78-48-72-55-89(96-26-14-16-40-114-96)92-52-67-31-30-64-20-8-9-23-84(64)103(67)110-94(97-27-15-17-41-115-97)59-74(50-78)101(72)108(92)110/h8-60H,61-62H2,1-7H3. The zero-order valence-electron chi connectivity index (χ0n) is 67.0. The normalized spacial score (nSPS) is 12.6. The molecule has 564 valence electrons. The van der Waals surface area contributed by atoms with E-state index in [1.54, 1.807) is 14.2 Å². The molecule has 20 aromatic carbocycles. The highest BCUT2D eigenvalue weighted by Gasteiger charge is 2.32. The SMILES string of the molecule is COc1ccc(-c2cc3cc(C)cc4cc(-c5ccc(OC)cc5)c5c6c(cc(CC(C)(C)c7cc8cc(-c9cccs9)c9cc%10cc(CC(C)(C)c%11cc%12cc(-c%13ccccn%13)c%13cc%14ccc%15ccccc%15c%14c%14c(-c%15ccccn%15)cc(c%11)c%12c%13%14)c%11ccccc%11c%10c%10c(-c%11cccs%11)cc(c7)c8c9%10)c7ccccc76)cc2c5c34)cc1. The van der Waals surface area contributed by atoms with Gasteiger partial charge in [-0.3, -0.25) is 9.97 Å². The van der Waals surface area contributed by atoms with E-state index in [1.165, 1.54) is 221 Å². The Morgan fingerprint density at radius 3 is 1.18 bits per heavy atom. The molecule has 0 N–H and O–H groups in total. The average Bonchev–Trinajstić information content (AvgIpc) is 1.26. The second kappa shape index (κ2) is 26.2. The van der Waals surface area contributed by atoms with Gasteiger partial charge in [0.2, 0.25) is 0 Å². The van der Waals surface area contributed by atoms with E-state index in [2.05, 4.69) is 330 Å². The number of hydrogen-bond donors (Lipinski definition) is 0. The number of aromatic nitrogens is 2. The summed E-state index contributed by atoms with van der Waals surface area (Å²) in [5.41, 5.74) is 17.2. The van der Waals surface area contributed by atoms with Crippen LogP contribution >= 0.6 is 22.7 Å². The molecule has 0 unspecified atom stereocenters. The predicted molar refractivity (Wildman–Crippen MR) is 511 cm³/mol. The monoisotopic (exact) mass is 1560 g/mol. The van der Waals surface area contributed by atoms with Gasteiger partial charge in [0.1, 0.15) is 11.5 Å². The fourth-order valence-electron chi connectivity index (χ4n) is 21.2. The summed E-state index contributed by atoms with van der Waals surface area (Å²) in [6.45, 7) is 12.1. The van der Waals surface area contributed by atoms with Gasteiger partial charge in [-0.15, -0.1) is 22.7 Å². The maximum Gasteiger partial charge on any atom is 0.118 e. The molecule has 0 aliphatic heterocycles. The molecule has 24 rings (SSSR count). The maximum absolute atomic E-state index is 5.79. The third-order valence-corrected chi connectivity index (χ3v) is 28.4. The van der Waals surface area contributed by atoms with E-state index in [4.69, 9.17) is 19.4 Å². The molecule has 4 aromatic heterocycles. The molecule has 0 fully saturated rings. The molecule has 0 atom stereocenters. The van der Waals surface area contributed by atoms with E-state index in [9.17, 15) is 0 Å². The molecule has 0 bridgehead atoms. The van der Waals surface area contributed by atoms with Crippen LogP contribution in [0, 0.1) is 6.92 Å². The van der Waals surface area contributed by atoms with Crippen LogP contribution in [0.1, 0.15) is 55.5 Å². The molecule has 0 saturated carbocycles. The zero-order chi connectivity index (χ0) is 79.4. The number of ether oxygens (including phenoxy) is 2. The average molecular weight is 1560 g/mol. The van der Waals surface area contributed by atoms with Crippen LogP contribution in [-0.2, 0) is 23.7 Å². The van der Waals surface area contributed by atoms with Crippen molar-refractivity contribution in [3.8, 4) is 77.1 Å². The predicted octanol–water partition coefficient (Wildman–Crippen LogP) is 31.6. The molecule has 0 radical (unpaired) electrons. The first-order valence-corrected chi connectivity index (χ1v) is 43.1. The van der Waals surface area contributed by atoms with Gasteiger partial charge in [0.15, 0.2) is 0 Å². The summed E-state index contributed by atoms with van der Waals surface area (Å²) in [7, 11) is 3.49. The lowest BCUT2D eigenvalue weighted by molar-refractivity contribution is 0.415. The summed E-state index contributed by atoms with van der Waals surface area (Å²) in [5, 5.41) is 42.3. The maximum atomic E-state index is 5.79. The fraction of sp³-hybridized carbons (Fsp3) is 0.0973. The molecule has 0 saturated heterocycles. The summed E-state index contributed by atoms with van der Waals surface area (Å²) >= 11 is 3.67. The lowest BCUT2D eigenvalue weighted by atomic mass is 9.74. The number of fused-ring (bicyclic) bond motifs is 12. The van der Waals surface area contributed by atoms with Crippen molar-refractivity contribution in [2.24, 2.45) is 0 Å². The van der Waals surface area contributed by atoms with E-state index >= 15 is 0 Å². The Morgan fingerprint density at radius 1 is 0.269 bits per heavy atom. The van der Waals surface area contributed by atoms with Crippen molar-refractivity contribution in [3.63, 3.8) is 0 Å². The first-order chi connectivity index (χ1) is 58.3. The van der Waals surface area contributed by atoms with Gasteiger partial charge in [-0.2, -0.15) is 0 Å². The van der Waals surface area contributed by atoms with Crippen molar-refractivity contribution in [3.05, 3.63) is 348 Å². The second-order valence-electron chi connectivity index (χ2n) is 34.5. The van der Waals surface area contributed by atoms with Gasteiger partial charge in [-0.05, 0) is 358 Å². The molecule has 119 heavy (non-hydrogen) atoms. The summed E-state index contributed by atoms with van der Waals surface area (Å²) < 4.78 is 11.5. The van der Waals surface area contributed by atoms with E-state index in [0.717, 1.165) is 58.0 Å². The Bertz CT molecular complexity index is 8280. The molecule has 0 amide bonds. The molecule has 0 aliphatic rings. The summed E-state index contributed by atoms with van der Waals surface area (Å²) in [5.74, 6) is 1.68. The van der Waals surface area contributed by atoms with Crippen molar-refractivity contribution < 1.29 is 9.47 Å². The zero-order valence-corrected chi connectivity index (χ0v) is 68.7. The number of rotatable bonds is 14. The molecule has 24 aromatic rings. The van der Waals surface area contributed by atoms with E-state index in [-0.39, 0.29) is 10.8 Å². The number of pyridine rings is 2. The van der Waals surface area contributed by atoms with Crippen LogP contribution in [-0.4, -0.2) is 24.2 Å². The lowest BCUT2D eigenvalue weighted by Crippen LogP contribution is -2.21. The van der Waals surface area contributed by atoms with Gasteiger partial charge < -0.3 is 9.47 Å². The molecule has 6 heteroatoms. The Balaban J connectivity index is 0.687. The highest BCUT2D eigenvalue weighted by molar-refractivity contribution is 7.14. The number of hydrogen-bond acceptors (Lipinski definition) is 6. The van der Waals surface area contributed by atoms with Gasteiger partial charge in [0, 0.05) is 55.2 Å². The van der Waals surface area contributed by atoms with Gasteiger partial charge >= 0.3 is 0 Å². The largest absolute Gasteiger partial charge is 0.497 e. The topological polar surface area (TPSA) is 44.2 Å². The first kappa shape index (κ1) is 69.7. The van der Waals surface area contributed by atoms with Gasteiger partial charge in [-0.25, -0.2) is 0 Å². The quantitative estimate of drug-likeness (QED) is 0.0804. The summed E-state index contributed by atoms with van der Waals surface area (Å²) in [6.07, 6.45) is 5.47. The molecular formula is C113H78N2O2S2. The van der Waals surface area contributed by atoms with E-state index < -0.39 is 0 Å².